The number of anilines is 3. The summed E-state index contributed by atoms with van der Waals surface area (Å²) in [5.41, 5.74) is 16.2. The molecule has 59 heavy (non-hydrogen) atoms. The minimum Gasteiger partial charge on any atom is -0.394 e. The van der Waals surface area contributed by atoms with Gasteiger partial charge in [0.15, 0.2) is 34.2 Å². The van der Waals surface area contributed by atoms with Crippen molar-refractivity contribution in [1.82, 2.24) is 48.6 Å². The Morgan fingerprint density at radius 1 is 0.847 bits per heavy atom. The number of aliphatic hydroxyl groups excluding tert-OH is 2. The van der Waals surface area contributed by atoms with Crippen LogP contribution in [0.15, 0.2) is 34.5 Å². The quantitative estimate of drug-likeness (QED) is 0.0644. The van der Waals surface area contributed by atoms with Gasteiger partial charge in [0.25, 0.3) is 5.56 Å². The minimum atomic E-state index is -5.23. The number of nitrogens with one attached hydrogen (secondary N) is 1. The van der Waals surface area contributed by atoms with Crippen molar-refractivity contribution in [2.24, 2.45) is 0 Å². The average molecular weight is 868 g/mol. The number of fused-ring (bicyclic) bond motifs is 7. The molecule has 9 rings (SSSR count). The Kier molecular flexibility index (Phi) is 9.90. The highest BCUT2D eigenvalue weighted by Gasteiger charge is 2.55. The molecule has 0 aliphatic carbocycles. The van der Waals surface area contributed by atoms with Crippen molar-refractivity contribution in [3.05, 3.63) is 51.6 Å². The molecule has 0 spiro atoms. The number of imidazole rings is 2. The van der Waals surface area contributed by atoms with Crippen LogP contribution in [0, 0.1) is 0 Å². The molecule has 5 aromatic rings. The number of nitrogens with zero attached hydrogens (tertiary/aromatic N) is 9. The molecule has 5 aromatic heterocycles. The van der Waals surface area contributed by atoms with Crippen LogP contribution in [0.2, 0.25) is 0 Å². The Balaban J connectivity index is 0.932. The Morgan fingerprint density at radius 2 is 1.59 bits per heavy atom. The van der Waals surface area contributed by atoms with Gasteiger partial charge in [0.1, 0.15) is 67.2 Å². The molecule has 2 unspecified atom stereocenters. The van der Waals surface area contributed by atoms with Gasteiger partial charge in [-0.15, -0.1) is 0 Å². The maximum atomic E-state index is 13.9. The van der Waals surface area contributed by atoms with E-state index >= 15 is 0 Å². The van der Waals surface area contributed by atoms with Gasteiger partial charge in [-0.1, -0.05) is 0 Å². The Labute approximate surface area is 328 Å². The molecule has 2 bridgehead atoms. The summed E-state index contributed by atoms with van der Waals surface area (Å²) in [5, 5.41) is 20.7. The molecule has 0 saturated carbocycles. The number of ether oxygens (including phenoxy) is 3. The molecular weight excluding hydrogens is 832 g/mol. The van der Waals surface area contributed by atoms with Crippen molar-refractivity contribution in [3.8, 4) is 0 Å². The average Bonchev–Trinajstić information content (AvgIpc) is 3.99. The van der Waals surface area contributed by atoms with E-state index < -0.39 is 102 Å². The standard InChI is InChI=1S/C29H35N13O15P2/c30-15-1-2-40(29(46)36-15)16-3-10(44)14(53-16)7-51-58(47,48)56-12-5-18-42-24-19(23(31)33-8-34-24)37-26(42)22(21(12)54-18)57-59(49,50)55-11-4-17(52-13(11)6-43)41-9-35-20-25(41)38-28(32)39-27(20)45/h1-2,8-14,16-18,21-22,43-44H,3-7H2,(H,47,48)(H,49,50)(H2,30,36,46)(H2,31,33,34)(H3,32,38,39,45)/t10-,11-,12-,13+,14+,16+,17+,18+,21+,22+/m0/s1. The zero-order chi connectivity index (χ0) is 41.5. The third-order valence-corrected chi connectivity index (χ3v) is 12.2. The van der Waals surface area contributed by atoms with E-state index in [1.807, 2.05) is 0 Å². The first-order valence-electron chi connectivity index (χ1n) is 17.7. The molecule has 11 N–H and O–H groups in total. The first-order chi connectivity index (χ1) is 28.1. The van der Waals surface area contributed by atoms with Crippen molar-refractivity contribution < 1.29 is 61.4 Å². The van der Waals surface area contributed by atoms with Crippen LogP contribution in [-0.4, -0.2) is 118 Å². The highest BCUT2D eigenvalue weighted by Crippen LogP contribution is 2.58. The number of aromatic amines is 1. The first kappa shape index (κ1) is 39.6. The molecular formula is C29H35N13O15P2. The predicted octanol–water partition coefficient (Wildman–Crippen LogP) is -1.76. The topological polar surface area (TPSA) is 400 Å². The van der Waals surface area contributed by atoms with Gasteiger partial charge in [-0.05, 0) is 6.07 Å². The normalized spacial score (nSPS) is 31.1. The number of aromatic nitrogens is 10. The number of aliphatic hydroxyl groups is 2. The van der Waals surface area contributed by atoms with Crippen LogP contribution in [0.5, 0.6) is 0 Å². The van der Waals surface area contributed by atoms with Crippen molar-refractivity contribution in [1.29, 1.82) is 0 Å². The van der Waals surface area contributed by atoms with Gasteiger partial charge in [-0.25, -0.2) is 33.9 Å². The lowest BCUT2D eigenvalue weighted by Gasteiger charge is -2.33. The highest BCUT2D eigenvalue weighted by atomic mass is 31.2. The maximum absolute atomic E-state index is 13.9. The summed E-state index contributed by atoms with van der Waals surface area (Å²) in [6.07, 6.45) is -8.88. The number of rotatable bonds is 12. The molecule has 4 aliphatic heterocycles. The van der Waals surface area contributed by atoms with Crippen LogP contribution in [0.25, 0.3) is 22.3 Å². The summed E-state index contributed by atoms with van der Waals surface area (Å²) >= 11 is 0. The van der Waals surface area contributed by atoms with Crippen LogP contribution in [0.1, 0.15) is 49.9 Å². The van der Waals surface area contributed by atoms with Crippen LogP contribution >= 0.6 is 15.6 Å². The van der Waals surface area contributed by atoms with E-state index in [0.29, 0.717) is 0 Å². The number of nitrogen functional groups attached to an aromatic ring is 3. The molecule has 0 radical (unpaired) electrons. The molecule has 4 aliphatic rings. The summed E-state index contributed by atoms with van der Waals surface area (Å²) in [7, 11) is -10.3. The molecule has 12 atom stereocenters. The zero-order valence-electron chi connectivity index (χ0n) is 30.0. The van der Waals surface area contributed by atoms with E-state index in [9.17, 15) is 38.7 Å². The minimum absolute atomic E-state index is 0.0166. The van der Waals surface area contributed by atoms with Crippen molar-refractivity contribution in [2.75, 3.05) is 30.4 Å². The third-order valence-electron chi connectivity index (χ3n) is 10.2. The second-order valence-electron chi connectivity index (χ2n) is 13.9. The largest absolute Gasteiger partial charge is 0.473 e. The summed E-state index contributed by atoms with van der Waals surface area (Å²) in [6.45, 7) is -1.32. The van der Waals surface area contributed by atoms with Gasteiger partial charge in [0.2, 0.25) is 5.95 Å². The van der Waals surface area contributed by atoms with Gasteiger partial charge >= 0.3 is 21.3 Å². The molecule has 0 aromatic carbocycles. The van der Waals surface area contributed by atoms with Crippen molar-refractivity contribution in [3.63, 3.8) is 0 Å². The maximum Gasteiger partial charge on any atom is 0.473 e. The number of hydrogen-bond donors (Lipinski definition) is 8. The summed E-state index contributed by atoms with van der Waals surface area (Å²) < 4.78 is 71.0. The summed E-state index contributed by atoms with van der Waals surface area (Å²) in [6, 6.07) is 1.36. The lowest BCUT2D eigenvalue weighted by atomic mass is 10.1. The highest BCUT2D eigenvalue weighted by molar-refractivity contribution is 7.47. The van der Waals surface area contributed by atoms with Crippen LogP contribution in [-0.2, 0) is 41.4 Å². The van der Waals surface area contributed by atoms with E-state index in [0.717, 1.165) is 10.9 Å². The van der Waals surface area contributed by atoms with Crippen molar-refractivity contribution in [2.45, 2.75) is 80.7 Å². The molecule has 0 amide bonds. The summed E-state index contributed by atoms with van der Waals surface area (Å²) in [4.78, 5) is 73.5. The molecule has 3 fully saturated rings. The van der Waals surface area contributed by atoms with Gasteiger partial charge in [-0.3, -0.25) is 41.6 Å². The number of phosphoric acid groups is 2. The van der Waals surface area contributed by atoms with Crippen LogP contribution in [0.4, 0.5) is 17.6 Å². The Hall–Kier alpha value is -4.80. The molecule has 30 heteroatoms. The Morgan fingerprint density at radius 3 is 2.37 bits per heavy atom. The van der Waals surface area contributed by atoms with Crippen molar-refractivity contribution >= 4 is 55.6 Å². The third kappa shape index (κ3) is 7.30. The molecule has 9 heterocycles. The first-order valence-corrected chi connectivity index (χ1v) is 20.7. The van der Waals surface area contributed by atoms with Crippen LogP contribution < -0.4 is 28.5 Å². The van der Waals surface area contributed by atoms with E-state index in [1.165, 1.54) is 27.7 Å². The lowest BCUT2D eigenvalue weighted by molar-refractivity contribution is -0.111. The second kappa shape index (κ2) is 14.7. The van der Waals surface area contributed by atoms with E-state index in [-0.39, 0.29) is 65.0 Å². The fraction of sp³-hybridized carbons (Fsp3) is 0.517. The fourth-order valence-electron chi connectivity index (χ4n) is 7.56. The lowest BCUT2D eigenvalue weighted by Crippen LogP contribution is -2.36. The smallest absolute Gasteiger partial charge is 0.394 e. The van der Waals surface area contributed by atoms with Gasteiger partial charge in [0.05, 0.1) is 25.6 Å². The zero-order valence-corrected chi connectivity index (χ0v) is 31.8. The van der Waals surface area contributed by atoms with Crippen LogP contribution in [0.3, 0.4) is 0 Å². The monoisotopic (exact) mass is 867 g/mol. The van der Waals surface area contributed by atoms with Gasteiger partial charge in [-0.2, -0.15) is 9.97 Å². The molecule has 3 saturated heterocycles. The van der Waals surface area contributed by atoms with E-state index in [4.69, 9.17) is 49.5 Å². The predicted molar refractivity (Wildman–Crippen MR) is 193 cm³/mol. The molecule has 316 valence electrons. The van der Waals surface area contributed by atoms with E-state index in [1.54, 1.807) is 0 Å². The fourth-order valence-corrected chi connectivity index (χ4v) is 9.62. The number of nitrogens with two attached hydrogens (primary N) is 3. The second-order valence-corrected chi connectivity index (χ2v) is 16.7. The molecule has 28 nitrogen and oxygen atoms in total. The number of H-pyrrole nitrogens is 1. The number of phosphoric ester groups is 2. The SMILES string of the molecule is Nc1ccn([C@H]2C[C@H](O)[C@@H](COP(=O)(O)O[C@H]3C[C@H]4O[C@H]3[C@@H](OP(=O)(O)O[C@H]3C[C@H](n5cnc6c(=O)[nH]c(N)nc65)O[C@@H]3CO)c3nc5c(N)ncnc5n34)O2)c(=O)n1. The summed E-state index contributed by atoms with van der Waals surface area (Å²) in [5.74, 6) is -0.280. The van der Waals surface area contributed by atoms with Gasteiger partial charge < -0.3 is 51.4 Å². The Bertz CT molecular complexity index is 2660. The van der Waals surface area contributed by atoms with E-state index in [2.05, 4.69) is 34.9 Å². The number of hydrogen-bond acceptors (Lipinski definition) is 22. The van der Waals surface area contributed by atoms with Gasteiger partial charge in [0, 0.05) is 25.5 Å².